The van der Waals surface area contributed by atoms with Gasteiger partial charge in [0.2, 0.25) is 5.91 Å². The molecule has 0 radical (unpaired) electrons. The molecule has 3 fully saturated rings. The van der Waals surface area contributed by atoms with E-state index in [1.807, 2.05) is 60.8 Å². The Morgan fingerprint density at radius 2 is 1.76 bits per heavy atom. The molecule has 4 N–H and O–H groups in total. The van der Waals surface area contributed by atoms with Gasteiger partial charge in [-0.05, 0) is 87.1 Å². The Balaban J connectivity index is 2.01. The lowest BCUT2D eigenvalue weighted by atomic mass is 9.78. The quantitative estimate of drug-likeness (QED) is 0.187. The Hall–Kier alpha value is -2.40. The summed E-state index contributed by atoms with van der Waals surface area (Å²) in [5.41, 5.74) is -2.23. The molecule has 0 spiro atoms. The van der Waals surface area contributed by atoms with Crippen LogP contribution in [0.25, 0.3) is 0 Å². The van der Waals surface area contributed by atoms with Crippen molar-refractivity contribution in [3.05, 3.63) is 0 Å². The molecule has 0 aromatic heterocycles. The highest BCUT2D eigenvalue weighted by Crippen LogP contribution is 2.39. The first kappa shape index (κ1) is 43.0. The molecular formula is C36H65N5O10. The smallest absolute Gasteiger partial charge is 0.408 e. The number of cyclic esters (lactones) is 1. The monoisotopic (exact) mass is 727 g/mol. The zero-order valence-corrected chi connectivity index (χ0v) is 32.8. The topological polar surface area (TPSA) is 177 Å². The Bertz CT molecular complexity index is 1210. The zero-order valence-electron chi connectivity index (χ0n) is 32.8. The maximum Gasteiger partial charge on any atom is 0.408 e. The number of hydrogen-bond acceptors (Lipinski definition) is 13. The molecule has 3 saturated heterocycles. The highest BCUT2D eigenvalue weighted by Gasteiger charge is 2.57. The number of rotatable bonds is 10. The van der Waals surface area contributed by atoms with E-state index in [4.69, 9.17) is 23.7 Å². The van der Waals surface area contributed by atoms with Gasteiger partial charge in [-0.15, -0.1) is 0 Å². The lowest BCUT2D eigenvalue weighted by Gasteiger charge is -2.47. The molecule has 0 bridgehead atoms. The highest BCUT2D eigenvalue weighted by atomic mass is 16.7. The van der Waals surface area contributed by atoms with E-state index in [0.717, 1.165) is 0 Å². The lowest BCUT2D eigenvalue weighted by Crippen LogP contribution is -2.61. The van der Waals surface area contributed by atoms with Gasteiger partial charge < -0.3 is 54.5 Å². The van der Waals surface area contributed by atoms with Crippen molar-refractivity contribution in [1.82, 2.24) is 25.8 Å². The number of ether oxygens (including phenoxy) is 5. The number of fused-ring (bicyclic) bond motifs is 1. The molecular weight excluding hydrogens is 662 g/mol. The van der Waals surface area contributed by atoms with Crippen molar-refractivity contribution in [3.8, 4) is 0 Å². The normalized spacial score (nSPS) is 40.1. The number of aliphatic hydroxyl groups is 1. The van der Waals surface area contributed by atoms with Crippen LogP contribution < -0.4 is 16.0 Å². The number of Topliss-reactive ketones (excluding diaryl/α,β-unsaturated/α-hetero) is 1. The third-order valence-electron chi connectivity index (χ3n) is 11.0. The van der Waals surface area contributed by atoms with E-state index in [2.05, 4.69) is 22.9 Å². The highest BCUT2D eigenvalue weighted by molar-refractivity contribution is 6.00. The molecule has 3 unspecified atom stereocenters. The first-order valence-electron chi connectivity index (χ1n) is 18.4. The van der Waals surface area contributed by atoms with Crippen molar-refractivity contribution < 1.29 is 48.0 Å². The summed E-state index contributed by atoms with van der Waals surface area (Å²) in [5.74, 6) is -3.44. The standard InChI is InChI=1S/C36H65N5O10/c1-13-26-36(14-2)30(39-34(46)51-36)23(6)37-17-20(3)16-35(7,47-12)31(21(4)28(43)22(5)32(45)49-26)50-33-29(44)25(41(10)11)15-24(48-33)18-38-27(42)19-40(8)9/h20-26,29-31,33,37,44H,13-19H2,1-12H3,(H,38,42)(H,39,46)/t20-,21+,22?,23-,24+,25?,26-,29?,30-,31-,33+,35-,36-/m1/s1. The number of ketones is 1. The number of hydrogen-bond donors (Lipinski definition) is 4. The summed E-state index contributed by atoms with van der Waals surface area (Å²) in [6.45, 7) is 13.8. The maximum absolute atomic E-state index is 14.3. The van der Waals surface area contributed by atoms with Gasteiger partial charge in [-0.1, -0.05) is 27.7 Å². The van der Waals surface area contributed by atoms with Crippen molar-refractivity contribution in [2.24, 2.45) is 17.8 Å². The average Bonchev–Trinajstić information content (AvgIpc) is 3.43. The van der Waals surface area contributed by atoms with E-state index in [1.165, 1.54) is 6.92 Å². The summed E-state index contributed by atoms with van der Waals surface area (Å²) in [4.78, 5) is 56.8. The van der Waals surface area contributed by atoms with Gasteiger partial charge in [0.1, 0.15) is 18.1 Å². The number of carbonyl (C=O) groups excluding carboxylic acids is 4. The summed E-state index contributed by atoms with van der Waals surface area (Å²) >= 11 is 0. The number of likely N-dealkylation sites (N-methyl/N-ethyl adjacent to an activating group) is 2. The van der Waals surface area contributed by atoms with Crippen LogP contribution in [0.4, 0.5) is 4.79 Å². The Morgan fingerprint density at radius 1 is 1.10 bits per heavy atom. The molecule has 0 aromatic carbocycles. The van der Waals surface area contributed by atoms with Crippen LogP contribution >= 0.6 is 0 Å². The second kappa shape index (κ2) is 18.1. The summed E-state index contributed by atoms with van der Waals surface area (Å²) < 4.78 is 31.2. The first-order valence-corrected chi connectivity index (χ1v) is 18.4. The molecule has 294 valence electrons. The van der Waals surface area contributed by atoms with E-state index in [-0.39, 0.29) is 37.0 Å². The van der Waals surface area contributed by atoms with E-state index < -0.39 is 77.6 Å². The number of amides is 2. The van der Waals surface area contributed by atoms with E-state index >= 15 is 0 Å². The van der Waals surface area contributed by atoms with Gasteiger partial charge >= 0.3 is 12.1 Å². The molecule has 3 aliphatic rings. The lowest BCUT2D eigenvalue weighted by molar-refractivity contribution is -0.296. The van der Waals surface area contributed by atoms with Crippen LogP contribution in [0.1, 0.15) is 74.1 Å². The summed E-state index contributed by atoms with van der Waals surface area (Å²) in [6, 6.07) is -1.14. The average molecular weight is 728 g/mol. The molecule has 0 saturated carbocycles. The molecule has 13 atom stereocenters. The second-order valence-corrected chi connectivity index (χ2v) is 15.6. The van der Waals surface area contributed by atoms with Gasteiger partial charge in [-0.2, -0.15) is 0 Å². The van der Waals surface area contributed by atoms with Crippen LogP contribution in [-0.2, 0) is 38.1 Å². The van der Waals surface area contributed by atoms with Crippen molar-refractivity contribution in [2.75, 3.05) is 54.9 Å². The maximum atomic E-state index is 14.3. The molecule has 0 aliphatic carbocycles. The summed E-state index contributed by atoms with van der Waals surface area (Å²) in [7, 11) is 8.88. The fraction of sp³-hybridized carbons (Fsp3) is 0.889. The molecule has 2 amide bonds. The molecule has 3 aliphatic heterocycles. The third kappa shape index (κ3) is 9.98. The van der Waals surface area contributed by atoms with Crippen LogP contribution in [0, 0.1) is 17.8 Å². The minimum atomic E-state index is -1.19. The first-order chi connectivity index (χ1) is 23.8. The Morgan fingerprint density at radius 3 is 2.33 bits per heavy atom. The fourth-order valence-electron chi connectivity index (χ4n) is 8.05. The SMILES string of the molecule is CC[C@H]1OC(=O)C(C)C(=O)[C@H](C)[C@@H](O[C@@H]2O[C@H](CNC(=O)CN(C)C)CC(N(C)C)C2O)[C@](C)(OC)C[C@@H](C)CN[C@H](C)[C@H]2NC(=O)O[C@@]21CC. The zero-order chi connectivity index (χ0) is 38.4. The van der Waals surface area contributed by atoms with Crippen molar-refractivity contribution in [3.63, 3.8) is 0 Å². The van der Waals surface area contributed by atoms with Gasteiger partial charge in [0.25, 0.3) is 0 Å². The van der Waals surface area contributed by atoms with Crippen LogP contribution in [-0.4, -0.2) is 154 Å². The largest absolute Gasteiger partial charge is 0.457 e. The van der Waals surface area contributed by atoms with Crippen LogP contribution in [0.15, 0.2) is 0 Å². The molecule has 15 heteroatoms. The minimum absolute atomic E-state index is 0.0198. The summed E-state index contributed by atoms with van der Waals surface area (Å²) in [6.07, 6.45) is -3.51. The van der Waals surface area contributed by atoms with Crippen LogP contribution in [0.2, 0.25) is 0 Å². The van der Waals surface area contributed by atoms with E-state index in [9.17, 15) is 24.3 Å². The van der Waals surface area contributed by atoms with Crippen molar-refractivity contribution >= 4 is 23.8 Å². The van der Waals surface area contributed by atoms with E-state index in [1.54, 1.807) is 18.9 Å². The number of alkyl carbamates (subject to hydrolysis) is 1. The minimum Gasteiger partial charge on any atom is -0.457 e. The number of carbonyl (C=O) groups is 4. The van der Waals surface area contributed by atoms with Gasteiger partial charge in [-0.3, -0.25) is 14.4 Å². The van der Waals surface area contributed by atoms with Crippen molar-refractivity contribution in [1.29, 1.82) is 0 Å². The molecule has 3 rings (SSSR count). The molecule has 51 heavy (non-hydrogen) atoms. The molecule has 3 heterocycles. The predicted octanol–water partition coefficient (Wildman–Crippen LogP) is 1.30. The Labute approximate surface area is 304 Å². The van der Waals surface area contributed by atoms with Crippen molar-refractivity contribution in [2.45, 2.75) is 134 Å². The number of aliphatic hydroxyl groups excluding tert-OH is 1. The van der Waals surface area contributed by atoms with Crippen LogP contribution in [0.5, 0.6) is 0 Å². The van der Waals surface area contributed by atoms with Gasteiger partial charge in [0.05, 0.1) is 30.4 Å². The number of methoxy groups -OCH3 is 1. The van der Waals surface area contributed by atoms with Gasteiger partial charge in [0.15, 0.2) is 17.7 Å². The summed E-state index contributed by atoms with van der Waals surface area (Å²) in [5, 5.41) is 21.0. The van der Waals surface area contributed by atoms with E-state index in [0.29, 0.717) is 32.2 Å². The third-order valence-corrected chi connectivity index (χ3v) is 11.0. The van der Waals surface area contributed by atoms with Gasteiger partial charge in [0, 0.05) is 31.7 Å². The number of nitrogens with one attached hydrogen (secondary N) is 3. The second-order valence-electron chi connectivity index (χ2n) is 15.6. The van der Waals surface area contributed by atoms with Gasteiger partial charge in [-0.25, -0.2) is 4.79 Å². The van der Waals surface area contributed by atoms with Crippen LogP contribution in [0.3, 0.4) is 0 Å². The number of nitrogens with zero attached hydrogens (tertiary/aromatic N) is 2. The predicted molar refractivity (Wildman–Crippen MR) is 190 cm³/mol. The fourth-order valence-corrected chi connectivity index (χ4v) is 8.05. The molecule has 0 aromatic rings. The Kier molecular flexibility index (Phi) is 15.3. The number of esters is 1. The molecule has 15 nitrogen and oxygen atoms in total.